The topological polar surface area (TPSA) is 58.7 Å². The number of hydrogen-bond acceptors (Lipinski definition) is 5. The fraction of sp³-hybridized carbons (Fsp3) is 0.348. The van der Waals surface area contributed by atoms with E-state index in [9.17, 15) is 9.18 Å². The lowest BCUT2D eigenvalue weighted by molar-refractivity contribution is 0.313. The number of benzene rings is 1. The smallest absolute Gasteiger partial charge is 0.265 e. The van der Waals surface area contributed by atoms with Crippen LogP contribution in [0.2, 0.25) is 0 Å². The standard InChI is InChI=1S/C21H21FN6O.C2H6/c1-14-11-27-12-16(9-18(22)20(27)24-14)28-13-23-19-10-15(3-4-17(19)21(28)29)26-7-5-25(2)6-8-26;1-2/h3-4,9-13H,5-8H2,1-2H3;1-2H3. The molecule has 0 unspecified atom stereocenters. The van der Waals surface area contributed by atoms with Gasteiger partial charge in [-0.3, -0.25) is 9.36 Å². The van der Waals surface area contributed by atoms with Gasteiger partial charge in [0.1, 0.15) is 6.33 Å². The van der Waals surface area contributed by atoms with Gasteiger partial charge >= 0.3 is 0 Å². The minimum atomic E-state index is -0.479. The third-order valence-corrected chi connectivity index (χ3v) is 5.50. The summed E-state index contributed by atoms with van der Waals surface area (Å²) in [6.07, 6.45) is 4.87. The zero-order valence-electron chi connectivity index (χ0n) is 18.3. The van der Waals surface area contributed by atoms with Crippen LogP contribution in [0, 0.1) is 12.7 Å². The highest BCUT2D eigenvalue weighted by Crippen LogP contribution is 2.21. The average molecular weight is 423 g/mol. The average Bonchev–Trinajstić information content (AvgIpc) is 3.16. The highest BCUT2D eigenvalue weighted by atomic mass is 19.1. The summed E-state index contributed by atoms with van der Waals surface area (Å²) < 4.78 is 17.4. The molecule has 1 saturated heterocycles. The second kappa shape index (κ2) is 8.47. The largest absolute Gasteiger partial charge is 0.369 e. The lowest BCUT2D eigenvalue weighted by Crippen LogP contribution is -2.44. The van der Waals surface area contributed by atoms with Crippen LogP contribution in [0.15, 0.2) is 47.8 Å². The first-order valence-electron chi connectivity index (χ1n) is 10.6. The summed E-state index contributed by atoms with van der Waals surface area (Å²) in [7, 11) is 2.12. The van der Waals surface area contributed by atoms with E-state index >= 15 is 0 Å². The van der Waals surface area contributed by atoms with Crippen LogP contribution in [-0.2, 0) is 0 Å². The van der Waals surface area contributed by atoms with Gasteiger partial charge in [0.25, 0.3) is 5.56 Å². The maximum absolute atomic E-state index is 14.4. The number of fused-ring (bicyclic) bond motifs is 2. The first-order valence-corrected chi connectivity index (χ1v) is 10.6. The number of rotatable bonds is 2. The quantitative estimate of drug-likeness (QED) is 0.496. The van der Waals surface area contributed by atoms with E-state index in [1.165, 1.54) is 17.0 Å². The zero-order valence-corrected chi connectivity index (χ0v) is 18.3. The van der Waals surface area contributed by atoms with Gasteiger partial charge in [-0.05, 0) is 32.2 Å². The van der Waals surface area contributed by atoms with Crippen molar-refractivity contribution in [2.45, 2.75) is 20.8 Å². The first kappa shape index (κ1) is 21.0. The monoisotopic (exact) mass is 422 g/mol. The molecule has 0 bridgehead atoms. The van der Waals surface area contributed by atoms with E-state index in [0.29, 0.717) is 22.3 Å². The number of piperazine rings is 1. The Bertz CT molecular complexity index is 1290. The number of pyridine rings is 1. The molecule has 1 fully saturated rings. The highest BCUT2D eigenvalue weighted by Gasteiger charge is 2.16. The van der Waals surface area contributed by atoms with Gasteiger partial charge in [0.15, 0.2) is 11.5 Å². The number of aromatic nitrogens is 4. The van der Waals surface area contributed by atoms with Crippen molar-refractivity contribution < 1.29 is 4.39 Å². The van der Waals surface area contributed by atoms with Crippen molar-refractivity contribution in [1.82, 2.24) is 23.8 Å². The molecule has 1 aliphatic heterocycles. The summed E-state index contributed by atoms with van der Waals surface area (Å²) in [6.45, 7) is 9.71. The van der Waals surface area contributed by atoms with E-state index in [-0.39, 0.29) is 11.2 Å². The number of aryl methyl sites for hydroxylation is 1. The fourth-order valence-electron chi connectivity index (χ4n) is 3.85. The molecule has 0 amide bonds. The van der Waals surface area contributed by atoms with Gasteiger partial charge in [0.2, 0.25) is 0 Å². The van der Waals surface area contributed by atoms with Crippen LogP contribution < -0.4 is 10.5 Å². The van der Waals surface area contributed by atoms with E-state index in [0.717, 1.165) is 31.9 Å². The molecule has 5 rings (SSSR count). The summed E-state index contributed by atoms with van der Waals surface area (Å²) in [5.41, 5.74) is 2.84. The number of nitrogens with zero attached hydrogens (tertiary/aromatic N) is 6. The molecule has 0 spiro atoms. The van der Waals surface area contributed by atoms with Crippen LogP contribution in [0.3, 0.4) is 0 Å². The Balaban J connectivity index is 0.00000112. The first-order chi connectivity index (χ1) is 15.0. The summed E-state index contributed by atoms with van der Waals surface area (Å²) in [6, 6.07) is 7.04. The molecule has 1 aliphatic rings. The fourth-order valence-corrected chi connectivity index (χ4v) is 3.85. The van der Waals surface area contributed by atoms with Crippen molar-refractivity contribution in [3.8, 4) is 5.69 Å². The van der Waals surface area contributed by atoms with Crippen LogP contribution in [0.5, 0.6) is 0 Å². The highest BCUT2D eigenvalue weighted by molar-refractivity contribution is 5.81. The maximum atomic E-state index is 14.4. The van der Waals surface area contributed by atoms with Crippen molar-refractivity contribution in [3.63, 3.8) is 0 Å². The van der Waals surface area contributed by atoms with Gasteiger partial charge in [0.05, 0.1) is 22.3 Å². The molecule has 3 aromatic heterocycles. The number of likely N-dealkylation sites (N-methyl/N-ethyl adjacent to an activating group) is 1. The second-order valence-electron chi connectivity index (χ2n) is 7.57. The van der Waals surface area contributed by atoms with Crippen LogP contribution in [0.25, 0.3) is 22.2 Å². The lowest BCUT2D eigenvalue weighted by Gasteiger charge is -2.34. The second-order valence-corrected chi connectivity index (χ2v) is 7.57. The minimum Gasteiger partial charge on any atom is -0.369 e. The van der Waals surface area contributed by atoms with Gasteiger partial charge in [-0.2, -0.15) is 0 Å². The zero-order chi connectivity index (χ0) is 22.1. The van der Waals surface area contributed by atoms with Crippen LogP contribution >= 0.6 is 0 Å². The van der Waals surface area contributed by atoms with Gasteiger partial charge in [0, 0.05) is 50.3 Å². The SMILES string of the molecule is CC.Cc1cn2cc(-n3cnc4cc(N5CCN(C)CC5)ccc4c3=O)cc(F)c2n1. The van der Waals surface area contributed by atoms with Gasteiger partial charge in [-0.15, -0.1) is 0 Å². The van der Waals surface area contributed by atoms with Crippen LogP contribution in [-0.4, -0.2) is 57.1 Å². The Morgan fingerprint density at radius 2 is 1.74 bits per heavy atom. The third-order valence-electron chi connectivity index (χ3n) is 5.50. The molecular formula is C23H27FN6O. The van der Waals surface area contributed by atoms with Crippen molar-refractivity contribution in [3.05, 3.63) is 64.9 Å². The van der Waals surface area contributed by atoms with Gasteiger partial charge in [-0.25, -0.2) is 14.4 Å². The van der Waals surface area contributed by atoms with E-state index in [2.05, 4.69) is 26.8 Å². The molecule has 4 heterocycles. The molecule has 0 aliphatic carbocycles. The van der Waals surface area contributed by atoms with Gasteiger partial charge < -0.3 is 14.2 Å². The molecule has 7 nitrogen and oxygen atoms in total. The normalized spacial score (nSPS) is 14.7. The summed E-state index contributed by atoms with van der Waals surface area (Å²) in [5, 5.41) is 0.507. The summed E-state index contributed by atoms with van der Waals surface area (Å²) in [5.74, 6) is -0.479. The van der Waals surface area contributed by atoms with Crippen molar-refractivity contribution >= 4 is 22.2 Å². The van der Waals surface area contributed by atoms with Crippen molar-refractivity contribution in [2.24, 2.45) is 0 Å². The van der Waals surface area contributed by atoms with E-state index in [1.807, 2.05) is 32.0 Å². The van der Waals surface area contributed by atoms with E-state index in [1.54, 1.807) is 23.7 Å². The Morgan fingerprint density at radius 3 is 2.48 bits per heavy atom. The molecule has 0 atom stereocenters. The Kier molecular flexibility index (Phi) is 5.73. The molecular weight excluding hydrogens is 395 g/mol. The number of halogens is 1. The van der Waals surface area contributed by atoms with Crippen molar-refractivity contribution in [1.29, 1.82) is 0 Å². The van der Waals surface area contributed by atoms with Crippen molar-refractivity contribution in [2.75, 3.05) is 38.1 Å². The molecule has 8 heteroatoms. The van der Waals surface area contributed by atoms with E-state index in [4.69, 9.17) is 0 Å². The minimum absolute atomic E-state index is 0.226. The molecule has 0 radical (unpaired) electrons. The Hall–Kier alpha value is -3.26. The number of hydrogen-bond donors (Lipinski definition) is 0. The molecule has 1 aromatic carbocycles. The molecule has 0 N–H and O–H groups in total. The molecule has 0 saturated carbocycles. The number of anilines is 1. The molecule has 4 aromatic rings. The Morgan fingerprint density at radius 1 is 1.00 bits per heavy atom. The lowest BCUT2D eigenvalue weighted by atomic mass is 10.2. The predicted octanol–water partition coefficient (Wildman–Crippen LogP) is 3.26. The third kappa shape index (κ3) is 3.90. The molecule has 162 valence electrons. The van der Waals surface area contributed by atoms with Gasteiger partial charge in [-0.1, -0.05) is 13.8 Å². The van der Waals surface area contributed by atoms with Crippen LogP contribution in [0.4, 0.5) is 10.1 Å². The Labute approximate surface area is 180 Å². The predicted molar refractivity (Wildman–Crippen MR) is 122 cm³/mol. The summed E-state index contributed by atoms with van der Waals surface area (Å²) >= 11 is 0. The molecule has 31 heavy (non-hydrogen) atoms. The maximum Gasteiger partial charge on any atom is 0.265 e. The van der Waals surface area contributed by atoms with E-state index < -0.39 is 5.82 Å². The summed E-state index contributed by atoms with van der Waals surface area (Å²) in [4.78, 5) is 26.3. The number of imidazole rings is 1. The van der Waals surface area contributed by atoms with Crippen LogP contribution in [0.1, 0.15) is 19.5 Å².